The molecule has 1 heterocycles. The van der Waals surface area contributed by atoms with E-state index in [2.05, 4.69) is 15.5 Å². The molecule has 0 aliphatic heterocycles. The van der Waals surface area contributed by atoms with Crippen molar-refractivity contribution in [2.24, 2.45) is 0 Å². The van der Waals surface area contributed by atoms with Crippen LogP contribution in [0.5, 0.6) is 0 Å². The predicted molar refractivity (Wildman–Crippen MR) is 82.7 cm³/mol. The fourth-order valence-electron chi connectivity index (χ4n) is 2.17. The van der Waals surface area contributed by atoms with Crippen LogP contribution in [0.4, 0.5) is 5.69 Å². The Morgan fingerprint density at radius 3 is 2.81 bits per heavy atom. The van der Waals surface area contributed by atoms with Crippen LogP contribution in [0.2, 0.25) is 0 Å². The highest BCUT2D eigenvalue weighted by atomic mass is 16.5. The number of benzene rings is 1. The average molecular weight is 289 g/mol. The molecule has 21 heavy (non-hydrogen) atoms. The van der Waals surface area contributed by atoms with Crippen LogP contribution in [0.25, 0.3) is 11.4 Å². The third-order valence-electron chi connectivity index (χ3n) is 3.24. The monoisotopic (exact) mass is 289 g/mol. The summed E-state index contributed by atoms with van der Waals surface area (Å²) in [6.45, 7) is 7.66. The first kappa shape index (κ1) is 15.4. The Morgan fingerprint density at radius 1 is 1.29 bits per heavy atom. The van der Waals surface area contributed by atoms with E-state index in [-0.39, 0.29) is 6.10 Å². The number of hydrogen-bond donors (Lipinski definition) is 1. The van der Waals surface area contributed by atoms with E-state index in [4.69, 9.17) is 10.5 Å². The first-order valence-corrected chi connectivity index (χ1v) is 7.32. The Hall–Kier alpha value is -1.95. The first-order chi connectivity index (χ1) is 10.1. The Bertz CT molecular complexity index is 579. The number of unbranched alkanes of at least 4 members (excludes halogenated alkanes) is 1. The van der Waals surface area contributed by atoms with Crippen LogP contribution in [-0.4, -0.2) is 32.9 Å². The maximum Gasteiger partial charge on any atom is 0.182 e. The lowest BCUT2D eigenvalue weighted by molar-refractivity contribution is 0.0753. The number of aryl methyl sites for hydroxylation is 2. The highest BCUT2D eigenvalue weighted by molar-refractivity contribution is 5.63. The van der Waals surface area contributed by atoms with Crippen molar-refractivity contribution >= 4 is 5.69 Å². The molecule has 2 N–H and O–H groups in total. The van der Waals surface area contributed by atoms with Crippen molar-refractivity contribution in [1.82, 2.24) is 20.2 Å². The standard InChI is InChI=1S/C15H23N5O/c1-11(2)21-9-5-4-8-20-15(17-18-19-20)14-7-6-13(16)10-12(14)3/h6-7,10-11H,4-5,8-9,16H2,1-3H3. The van der Waals surface area contributed by atoms with E-state index >= 15 is 0 Å². The molecule has 0 radical (unpaired) electrons. The Labute approximate surface area is 125 Å². The number of nitrogens with two attached hydrogens (primary N) is 1. The molecule has 0 saturated carbocycles. The number of tetrazole rings is 1. The number of aromatic nitrogens is 4. The minimum atomic E-state index is 0.283. The Morgan fingerprint density at radius 2 is 2.10 bits per heavy atom. The second kappa shape index (κ2) is 7.17. The molecule has 0 atom stereocenters. The minimum absolute atomic E-state index is 0.283. The molecule has 0 saturated heterocycles. The SMILES string of the molecule is Cc1cc(N)ccc1-c1nnnn1CCCCOC(C)C. The maximum absolute atomic E-state index is 5.78. The predicted octanol–water partition coefficient (Wildman–Crippen LogP) is 2.44. The van der Waals surface area contributed by atoms with E-state index < -0.39 is 0 Å². The van der Waals surface area contributed by atoms with Crippen LogP contribution in [0.3, 0.4) is 0 Å². The van der Waals surface area contributed by atoms with Crippen molar-refractivity contribution in [2.45, 2.75) is 46.3 Å². The summed E-state index contributed by atoms with van der Waals surface area (Å²) in [5.41, 5.74) is 8.63. The summed E-state index contributed by atoms with van der Waals surface area (Å²) in [4.78, 5) is 0. The van der Waals surface area contributed by atoms with E-state index in [0.29, 0.717) is 0 Å². The van der Waals surface area contributed by atoms with Gasteiger partial charge in [-0.15, -0.1) is 5.10 Å². The first-order valence-electron chi connectivity index (χ1n) is 7.32. The molecule has 6 heteroatoms. The summed E-state index contributed by atoms with van der Waals surface area (Å²) in [6.07, 6.45) is 2.27. The van der Waals surface area contributed by atoms with E-state index in [0.717, 1.165) is 48.6 Å². The molecule has 0 aliphatic carbocycles. The lowest BCUT2D eigenvalue weighted by atomic mass is 10.1. The van der Waals surface area contributed by atoms with Gasteiger partial charge in [-0.3, -0.25) is 0 Å². The topological polar surface area (TPSA) is 78.9 Å². The van der Waals surface area contributed by atoms with Crippen molar-refractivity contribution in [2.75, 3.05) is 12.3 Å². The quantitative estimate of drug-likeness (QED) is 0.625. The van der Waals surface area contributed by atoms with Gasteiger partial charge < -0.3 is 10.5 Å². The molecule has 2 aromatic rings. The van der Waals surface area contributed by atoms with Gasteiger partial charge in [-0.2, -0.15) is 0 Å². The highest BCUT2D eigenvalue weighted by Crippen LogP contribution is 2.22. The number of nitrogens with zero attached hydrogens (tertiary/aromatic N) is 4. The third kappa shape index (κ3) is 4.26. The van der Waals surface area contributed by atoms with E-state index in [1.54, 1.807) is 0 Å². The zero-order valence-corrected chi connectivity index (χ0v) is 12.9. The third-order valence-corrected chi connectivity index (χ3v) is 3.24. The van der Waals surface area contributed by atoms with E-state index in [1.807, 2.05) is 43.7 Å². The van der Waals surface area contributed by atoms with Crippen molar-refractivity contribution in [3.05, 3.63) is 23.8 Å². The fraction of sp³-hybridized carbons (Fsp3) is 0.533. The molecule has 1 aromatic heterocycles. The van der Waals surface area contributed by atoms with Gasteiger partial charge in [0.2, 0.25) is 0 Å². The summed E-state index contributed by atoms with van der Waals surface area (Å²) >= 11 is 0. The summed E-state index contributed by atoms with van der Waals surface area (Å²) in [6, 6.07) is 5.78. The molecule has 0 aliphatic rings. The average Bonchev–Trinajstić information content (AvgIpc) is 2.86. The van der Waals surface area contributed by atoms with Gasteiger partial charge in [0.15, 0.2) is 5.82 Å². The van der Waals surface area contributed by atoms with Crippen LogP contribution in [0.15, 0.2) is 18.2 Å². The van der Waals surface area contributed by atoms with Gasteiger partial charge in [-0.05, 0) is 67.8 Å². The maximum atomic E-state index is 5.78. The molecular formula is C15H23N5O. The summed E-state index contributed by atoms with van der Waals surface area (Å²) < 4.78 is 7.37. The van der Waals surface area contributed by atoms with Gasteiger partial charge in [0.05, 0.1) is 6.10 Å². The normalized spacial score (nSPS) is 11.2. The molecule has 2 rings (SSSR count). The summed E-state index contributed by atoms with van der Waals surface area (Å²) in [5.74, 6) is 0.789. The molecule has 1 aromatic carbocycles. The number of nitrogen functional groups attached to an aromatic ring is 1. The molecular weight excluding hydrogens is 266 g/mol. The summed E-state index contributed by atoms with van der Waals surface area (Å²) in [7, 11) is 0. The minimum Gasteiger partial charge on any atom is -0.399 e. The smallest absolute Gasteiger partial charge is 0.182 e. The van der Waals surface area contributed by atoms with Gasteiger partial charge in [-0.25, -0.2) is 4.68 Å². The molecule has 0 spiro atoms. The van der Waals surface area contributed by atoms with Crippen LogP contribution in [-0.2, 0) is 11.3 Å². The zero-order valence-electron chi connectivity index (χ0n) is 12.9. The highest BCUT2D eigenvalue weighted by Gasteiger charge is 2.11. The van der Waals surface area contributed by atoms with Crippen LogP contribution < -0.4 is 5.73 Å². The van der Waals surface area contributed by atoms with E-state index in [1.165, 1.54) is 0 Å². The van der Waals surface area contributed by atoms with Crippen LogP contribution in [0.1, 0.15) is 32.3 Å². The van der Waals surface area contributed by atoms with Gasteiger partial charge in [0.25, 0.3) is 0 Å². The largest absolute Gasteiger partial charge is 0.399 e. The number of ether oxygens (including phenoxy) is 1. The lowest BCUT2D eigenvalue weighted by Gasteiger charge is -2.09. The molecule has 0 unspecified atom stereocenters. The van der Waals surface area contributed by atoms with Crippen molar-refractivity contribution in [1.29, 1.82) is 0 Å². The Balaban J connectivity index is 1.98. The second-order valence-electron chi connectivity index (χ2n) is 5.43. The zero-order chi connectivity index (χ0) is 15.2. The molecule has 0 amide bonds. The Kier molecular flexibility index (Phi) is 5.27. The number of hydrogen-bond acceptors (Lipinski definition) is 5. The van der Waals surface area contributed by atoms with Gasteiger partial charge in [-0.1, -0.05) is 0 Å². The molecule has 0 bridgehead atoms. The van der Waals surface area contributed by atoms with Crippen molar-refractivity contribution in [3.8, 4) is 11.4 Å². The summed E-state index contributed by atoms with van der Waals surface area (Å²) in [5, 5.41) is 12.0. The molecule has 0 fully saturated rings. The van der Waals surface area contributed by atoms with Gasteiger partial charge >= 0.3 is 0 Å². The lowest BCUT2D eigenvalue weighted by Crippen LogP contribution is -2.07. The molecule has 114 valence electrons. The second-order valence-corrected chi connectivity index (χ2v) is 5.43. The van der Waals surface area contributed by atoms with Crippen molar-refractivity contribution < 1.29 is 4.74 Å². The van der Waals surface area contributed by atoms with Crippen molar-refractivity contribution in [3.63, 3.8) is 0 Å². The number of rotatable bonds is 7. The van der Waals surface area contributed by atoms with E-state index in [9.17, 15) is 0 Å². The van der Waals surface area contributed by atoms with Crippen LogP contribution in [0, 0.1) is 6.92 Å². The van der Waals surface area contributed by atoms with Crippen LogP contribution >= 0.6 is 0 Å². The number of anilines is 1. The fourth-order valence-corrected chi connectivity index (χ4v) is 2.17. The van der Waals surface area contributed by atoms with Gasteiger partial charge in [0, 0.05) is 24.4 Å². The van der Waals surface area contributed by atoms with Gasteiger partial charge in [0.1, 0.15) is 0 Å². The molecule has 6 nitrogen and oxygen atoms in total.